The topological polar surface area (TPSA) is 107 Å². The zero-order valence-electron chi connectivity index (χ0n) is 18.5. The van der Waals surface area contributed by atoms with Crippen molar-refractivity contribution in [2.45, 2.75) is 50.6 Å². The van der Waals surface area contributed by atoms with Crippen LogP contribution in [0.2, 0.25) is 0 Å². The lowest BCUT2D eigenvalue weighted by Gasteiger charge is -2.41. The SMILES string of the molecule is O=CC1CCN(C2CCN(c3ccc4c(c3)C(=O)N(C3CCC(=O)NC3=O)C4=O)CC2)CC1. The summed E-state index contributed by atoms with van der Waals surface area (Å²) in [6, 6.07) is 4.87. The summed E-state index contributed by atoms with van der Waals surface area (Å²) in [7, 11) is 0. The third kappa shape index (κ3) is 3.94. The van der Waals surface area contributed by atoms with Crippen molar-refractivity contribution in [2.24, 2.45) is 5.92 Å². The predicted octanol–water partition coefficient (Wildman–Crippen LogP) is 0.968. The Hall–Kier alpha value is -3.07. The molecule has 4 heterocycles. The van der Waals surface area contributed by atoms with Crippen molar-refractivity contribution in [3.05, 3.63) is 29.3 Å². The molecular weight excluding hydrogens is 424 g/mol. The molecule has 0 bridgehead atoms. The number of likely N-dealkylation sites (tertiary alicyclic amines) is 1. The van der Waals surface area contributed by atoms with Crippen molar-refractivity contribution >= 4 is 35.6 Å². The minimum Gasteiger partial charge on any atom is -0.371 e. The van der Waals surface area contributed by atoms with Crippen molar-refractivity contribution in [1.29, 1.82) is 0 Å². The van der Waals surface area contributed by atoms with Gasteiger partial charge in [-0.1, -0.05) is 0 Å². The zero-order chi connectivity index (χ0) is 23.1. The van der Waals surface area contributed by atoms with Crippen LogP contribution in [0.15, 0.2) is 18.2 Å². The number of hydrogen-bond acceptors (Lipinski definition) is 7. The molecule has 5 rings (SSSR count). The Balaban J connectivity index is 1.25. The number of benzene rings is 1. The van der Waals surface area contributed by atoms with E-state index >= 15 is 0 Å². The summed E-state index contributed by atoms with van der Waals surface area (Å²) >= 11 is 0. The minimum atomic E-state index is -0.947. The van der Waals surface area contributed by atoms with Crippen LogP contribution in [0.3, 0.4) is 0 Å². The number of nitrogens with zero attached hydrogens (tertiary/aromatic N) is 3. The molecule has 9 nitrogen and oxygen atoms in total. The number of carbonyl (C=O) groups is 5. The van der Waals surface area contributed by atoms with Crippen LogP contribution >= 0.6 is 0 Å². The standard InChI is InChI=1S/C24H28N4O5/c29-14-15-5-9-26(10-6-15)16-7-11-27(12-8-16)17-1-2-18-19(13-17)24(33)28(23(18)32)20-3-4-21(30)25-22(20)31/h1-2,13-16,20H,3-12H2,(H,25,30,31). The molecule has 4 aliphatic heterocycles. The van der Waals surface area contributed by atoms with Gasteiger partial charge in [-0.05, 0) is 63.4 Å². The molecule has 1 N–H and O–H groups in total. The van der Waals surface area contributed by atoms with Gasteiger partial charge in [0, 0.05) is 37.2 Å². The first-order chi connectivity index (χ1) is 16.0. The van der Waals surface area contributed by atoms with Crippen LogP contribution in [0, 0.1) is 5.92 Å². The normalized spacial score (nSPS) is 25.4. The van der Waals surface area contributed by atoms with Crippen LogP contribution in [0.4, 0.5) is 5.69 Å². The molecule has 1 aromatic rings. The maximum absolute atomic E-state index is 13.1. The van der Waals surface area contributed by atoms with Crippen LogP contribution in [-0.2, 0) is 14.4 Å². The first kappa shape index (κ1) is 21.8. The lowest BCUT2D eigenvalue weighted by atomic mass is 9.94. The molecule has 33 heavy (non-hydrogen) atoms. The van der Waals surface area contributed by atoms with E-state index in [4.69, 9.17) is 0 Å². The largest absolute Gasteiger partial charge is 0.371 e. The number of hydrogen-bond donors (Lipinski definition) is 1. The van der Waals surface area contributed by atoms with Gasteiger partial charge in [0.2, 0.25) is 11.8 Å². The number of rotatable bonds is 4. The number of aldehydes is 1. The summed E-state index contributed by atoms with van der Waals surface area (Å²) in [6.45, 7) is 3.66. The molecule has 0 spiro atoms. The molecule has 0 aliphatic carbocycles. The molecule has 0 radical (unpaired) electrons. The number of carbonyl (C=O) groups excluding carboxylic acids is 5. The molecule has 174 valence electrons. The maximum Gasteiger partial charge on any atom is 0.262 e. The van der Waals surface area contributed by atoms with E-state index in [1.54, 1.807) is 12.1 Å². The summed E-state index contributed by atoms with van der Waals surface area (Å²) in [4.78, 5) is 66.4. The summed E-state index contributed by atoms with van der Waals surface area (Å²) < 4.78 is 0. The van der Waals surface area contributed by atoms with Gasteiger partial charge in [-0.25, -0.2) is 0 Å². The molecule has 1 aromatic carbocycles. The number of amides is 4. The Labute approximate surface area is 192 Å². The summed E-state index contributed by atoms with van der Waals surface area (Å²) in [5.41, 5.74) is 1.53. The summed E-state index contributed by atoms with van der Waals surface area (Å²) in [6.07, 6.45) is 5.25. The molecule has 1 atom stereocenters. The fourth-order valence-corrected chi connectivity index (χ4v) is 5.57. The number of anilines is 1. The second-order valence-electron chi connectivity index (χ2n) is 9.40. The molecule has 1 unspecified atom stereocenters. The van der Waals surface area contributed by atoms with E-state index in [1.807, 2.05) is 6.07 Å². The van der Waals surface area contributed by atoms with Gasteiger partial charge in [0.15, 0.2) is 0 Å². The van der Waals surface area contributed by atoms with Crippen LogP contribution in [0.1, 0.15) is 59.2 Å². The van der Waals surface area contributed by atoms with Gasteiger partial charge in [0.25, 0.3) is 11.8 Å². The number of imide groups is 2. The Bertz CT molecular complexity index is 1010. The highest BCUT2D eigenvalue weighted by atomic mass is 16.2. The fraction of sp³-hybridized carbons (Fsp3) is 0.542. The van der Waals surface area contributed by atoms with Crippen LogP contribution in [0.25, 0.3) is 0 Å². The number of fused-ring (bicyclic) bond motifs is 1. The monoisotopic (exact) mass is 452 g/mol. The average molecular weight is 453 g/mol. The van der Waals surface area contributed by atoms with Crippen molar-refractivity contribution in [1.82, 2.24) is 15.1 Å². The van der Waals surface area contributed by atoms with Gasteiger partial charge in [-0.2, -0.15) is 0 Å². The van der Waals surface area contributed by atoms with Gasteiger partial charge >= 0.3 is 0 Å². The van der Waals surface area contributed by atoms with Crippen LogP contribution < -0.4 is 10.2 Å². The van der Waals surface area contributed by atoms with Crippen LogP contribution in [0.5, 0.6) is 0 Å². The van der Waals surface area contributed by atoms with Gasteiger partial charge in [0.05, 0.1) is 11.1 Å². The van der Waals surface area contributed by atoms with E-state index in [-0.39, 0.29) is 24.7 Å². The van der Waals surface area contributed by atoms with Crippen molar-refractivity contribution < 1.29 is 24.0 Å². The Morgan fingerprint density at radius 1 is 0.848 bits per heavy atom. The van der Waals surface area contributed by atoms with Crippen molar-refractivity contribution in [2.75, 3.05) is 31.1 Å². The minimum absolute atomic E-state index is 0.108. The van der Waals surface area contributed by atoms with Gasteiger partial charge in [0.1, 0.15) is 12.3 Å². The highest BCUT2D eigenvalue weighted by molar-refractivity contribution is 6.23. The Morgan fingerprint density at radius 2 is 1.55 bits per heavy atom. The van der Waals surface area contributed by atoms with Gasteiger partial charge in [-0.15, -0.1) is 0 Å². The second-order valence-corrected chi connectivity index (χ2v) is 9.40. The third-order valence-corrected chi connectivity index (χ3v) is 7.54. The number of nitrogens with one attached hydrogen (secondary N) is 1. The molecule has 4 amide bonds. The maximum atomic E-state index is 13.1. The predicted molar refractivity (Wildman–Crippen MR) is 119 cm³/mol. The van der Waals surface area contributed by atoms with E-state index in [9.17, 15) is 24.0 Å². The molecule has 9 heteroatoms. The van der Waals surface area contributed by atoms with E-state index in [0.29, 0.717) is 17.2 Å². The summed E-state index contributed by atoms with van der Waals surface area (Å²) in [5, 5.41) is 2.22. The van der Waals surface area contributed by atoms with E-state index in [0.717, 1.165) is 68.7 Å². The Morgan fingerprint density at radius 3 is 2.21 bits per heavy atom. The van der Waals surface area contributed by atoms with E-state index in [2.05, 4.69) is 15.1 Å². The average Bonchev–Trinajstić information content (AvgIpc) is 3.09. The first-order valence-corrected chi connectivity index (χ1v) is 11.8. The molecular formula is C24H28N4O5. The zero-order valence-corrected chi connectivity index (χ0v) is 18.5. The number of piperidine rings is 3. The molecule has 3 fully saturated rings. The quantitative estimate of drug-likeness (QED) is 0.536. The molecule has 0 aromatic heterocycles. The molecule has 4 aliphatic rings. The molecule has 3 saturated heterocycles. The second kappa shape index (κ2) is 8.70. The van der Waals surface area contributed by atoms with Crippen LogP contribution in [-0.4, -0.2) is 78.0 Å². The molecule has 0 saturated carbocycles. The lowest BCUT2D eigenvalue weighted by molar-refractivity contribution is -0.136. The Kier molecular flexibility index (Phi) is 5.74. The third-order valence-electron chi connectivity index (χ3n) is 7.54. The van der Waals surface area contributed by atoms with E-state index in [1.165, 1.54) is 0 Å². The summed E-state index contributed by atoms with van der Waals surface area (Å²) in [5.74, 6) is -1.73. The fourth-order valence-electron chi connectivity index (χ4n) is 5.57. The van der Waals surface area contributed by atoms with Gasteiger partial charge in [-0.3, -0.25) is 29.4 Å². The van der Waals surface area contributed by atoms with Gasteiger partial charge < -0.3 is 14.6 Å². The lowest BCUT2D eigenvalue weighted by Crippen LogP contribution is -2.54. The first-order valence-electron chi connectivity index (χ1n) is 11.8. The van der Waals surface area contributed by atoms with Crippen molar-refractivity contribution in [3.63, 3.8) is 0 Å². The highest BCUT2D eigenvalue weighted by Crippen LogP contribution is 2.32. The smallest absolute Gasteiger partial charge is 0.262 e. The van der Waals surface area contributed by atoms with E-state index < -0.39 is 23.8 Å². The highest BCUT2D eigenvalue weighted by Gasteiger charge is 2.44. The van der Waals surface area contributed by atoms with Crippen molar-refractivity contribution in [3.8, 4) is 0 Å².